The molecule has 2 amide bonds. The van der Waals surface area contributed by atoms with Crippen molar-refractivity contribution >= 4 is 34.9 Å². The summed E-state index contributed by atoms with van der Waals surface area (Å²) < 4.78 is 41.2. The third kappa shape index (κ3) is 5.68. The number of thiazole rings is 1. The second-order valence-electron chi connectivity index (χ2n) is 4.07. The van der Waals surface area contributed by atoms with Gasteiger partial charge in [0.1, 0.15) is 18.5 Å². The molecule has 11 heteroatoms. The molecule has 1 rings (SSSR count). The highest BCUT2D eigenvalue weighted by Crippen LogP contribution is 2.15. The van der Waals surface area contributed by atoms with E-state index >= 15 is 0 Å². The summed E-state index contributed by atoms with van der Waals surface area (Å²) in [4.78, 5) is 37.4. The number of ether oxygens (including phenoxy) is 1. The number of halogens is 3. The average Bonchev–Trinajstić information content (AvgIpc) is 2.77. The number of rotatable bonds is 5. The van der Waals surface area contributed by atoms with E-state index in [4.69, 9.17) is 0 Å². The van der Waals surface area contributed by atoms with Crippen LogP contribution < -0.4 is 10.6 Å². The molecule has 1 heterocycles. The van der Waals surface area contributed by atoms with Gasteiger partial charge in [-0.15, -0.1) is 11.3 Å². The first-order valence-corrected chi connectivity index (χ1v) is 6.71. The number of carbonyl (C=O) groups excluding carboxylic acids is 3. The highest BCUT2D eigenvalue weighted by Gasteiger charge is 2.41. The molecule has 0 unspecified atom stereocenters. The first-order valence-electron chi connectivity index (χ1n) is 5.83. The zero-order valence-corrected chi connectivity index (χ0v) is 12.3. The van der Waals surface area contributed by atoms with E-state index in [-0.39, 0.29) is 5.82 Å². The molecule has 0 aliphatic heterocycles. The lowest BCUT2D eigenvalue weighted by Gasteiger charge is -2.18. The Balaban J connectivity index is 2.77. The van der Waals surface area contributed by atoms with Crippen LogP contribution in [0.4, 0.5) is 19.0 Å². The van der Waals surface area contributed by atoms with Crippen LogP contribution in [0.25, 0.3) is 0 Å². The normalized spacial score (nSPS) is 12.4. The average molecular weight is 339 g/mol. The SMILES string of the molecule is CC(=O)OC[C@@H](NC(=O)C(F)(F)F)C(=O)Nc1csc(C)n1. The summed E-state index contributed by atoms with van der Waals surface area (Å²) >= 11 is 1.22. The molecule has 0 aliphatic carbocycles. The van der Waals surface area contributed by atoms with E-state index in [1.54, 1.807) is 6.92 Å². The quantitative estimate of drug-likeness (QED) is 0.780. The van der Waals surface area contributed by atoms with Crippen LogP contribution in [0.2, 0.25) is 0 Å². The molecule has 0 spiro atoms. The number of alkyl halides is 3. The van der Waals surface area contributed by atoms with Gasteiger partial charge in [-0.1, -0.05) is 0 Å². The van der Waals surface area contributed by atoms with Crippen LogP contribution in [0.3, 0.4) is 0 Å². The zero-order chi connectivity index (χ0) is 16.9. The number of carbonyl (C=O) groups is 3. The van der Waals surface area contributed by atoms with E-state index in [9.17, 15) is 27.6 Å². The summed E-state index contributed by atoms with van der Waals surface area (Å²) in [6.07, 6.45) is -5.16. The van der Waals surface area contributed by atoms with Gasteiger partial charge >= 0.3 is 18.1 Å². The summed E-state index contributed by atoms with van der Waals surface area (Å²) in [5.41, 5.74) is 0. The second-order valence-corrected chi connectivity index (χ2v) is 5.13. The Morgan fingerprint density at radius 3 is 2.50 bits per heavy atom. The van der Waals surface area contributed by atoms with Gasteiger partial charge in [-0.25, -0.2) is 4.98 Å². The topological polar surface area (TPSA) is 97.4 Å². The molecule has 0 aliphatic rings. The predicted molar refractivity (Wildman–Crippen MR) is 70.1 cm³/mol. The minimum atomic E-state index is -5.16. The van der Waals surface area contributed by atoms with E-state index in [0.717, 1.165) is 6.92 Å². The molecule has 0 aromatic carbocycles. The third-order valence-electron chi connectivity index (χ3n) is 2.20. The van der Waals surface area contributed by atoms with Crippen LogP contribution in [0.15, 0.2) is 5.38 Å². The monoisotopic (exact) mass is 339 g/mol. The van der Waals surface area contributed by atoms with E-state index in [1.807, 2.05) is 0 Å². The summed E-state index contributed by atoms with van der Waals surface area (Å²) in [6, 6.07) is -1.69. The zero-order valence-electron chi connectivity index (χ0n) is 11.5. The van der Waals surface area contributed by atoms with Crippen LogP contribution >= 0.6 is 11.3 Å². The maximum Gasteiger partial charge on any atom is 0.471 e. The first-order chi connectivity index (χ1) is 10.1. The number of aromatic nitrogens is 1. The maximum atomic E-state index is 12.2. The molecule has 0 saturated carbocycles. The predicted octanol–water partition coefficient (Wildman–Crippen LogP) is 1.00. The Morgan fingerprint density at radius 1 is 1.41 bits per heavy atom. The molecule has 1 aromatic heterocycles. The van der Waals surface area contributed by atoms with Crippen LogP contribution in [0.1, 0.15) is 11.9 Å². The molecular formula is C11H12F3N3O4S. The molecule has 1 atom stereocenters. The van der Waals surface area contributed by atoms with E-state index in [1.165, 1.54) is 22.0 Å². The summed E-state index contributed by atoms with van der Waals surface area (Å²) in [6.45, 7) is 1.96. The molecule has 7 nitrogen and oxygen atoms in total. The molecule has 22 heavy (non-hydrogen) atoms. The largest absolute Gasteiger partial charge is 0.471 e. The van der Waals surface area contributed by atoms with Gasteiger partial charge in [0, 0.05) is 12.3 Å². The Bertz CT molecular complexity index is 573. The number of nitrogens with one attached hydrogen (secondary N) is 2. The van der Waals surface area contributed by atoms with Gasteiger partial charge in [-0.05, 0) is 6.92 Å². The van der Waals surface area contributed by atoms with E-state index < -0.39 is 36.6 Å². The van der Waals surface area contributed by atoms with E-state index in [2.05, 4.69) is 15.0 Å². The minimum Gasteiger partial charge on any atom is -0.463 e. The number of anilines is 1. The molecule has 2 N–H and O–H groups in total. The van der Waals surface area contributed by atoms with Crippen molar-refractivity contribution in [2.45, 2.75) is 26.1 Å². The van der Waals surface area contributed by atoms with Crippen molar-refractivity contribution in [1.29, 1.82) is 0 Å². The number of nitrogens with zero attached hydrogens (tertiary/aromatic N) is 1. The van der Waals surface area contributed by atoms with Gasteiger partial charge < -0.3 is 15.4 Å². The van der Waals surface area contributed by atoms with Crippen molar-refractivity contribution < 1.29 is 32.3 Å². The fourth-order valence-corrected chi connectivity index (χ4v) is 1.80. The lowest BCUT2D eigenvalue weighted by Crippen LogP contribution is -2.51. The molecule has 0 bridgehead atoms. The van der Waals surface area contributed by atoms with Crippen molar-refractivity contribution in [3.8, 4) is 0 Å². The smallest absolute Gasteiger partial charge is 0.463 e. The van der Waals surface area contributed by atoms with Crippen molar-refractivity contribution in [3.63, 3.8) is 0 Å². The van der Waals surface area contributed by atoms with Gasteiger partial charge in [0.2, 0.25) is 0 Å². The van der Waals surface area contributed by atoms with Crippen molar-refractivity contribution in [3.05, 3.63) is 10.4 Å². The Kier molecular flexibility index (Phi) is 5.85. The van der Waals surface area contributed by atoms with Crippen LogP contribution in [-0.4, -0.2) is 41.6 Å². The number of esters is 1. The fourth-order valence-electron chi connectivity index (χ4n) is 1.26. The second kappa shape index (κ2) is 7.20. The molecular weight excluding hydrogens is 327 g/mol. The van der Waals surface area contributed by atoms with Gasteiger partial charge in [-0.2, -0.15) is 13.2 Å². The van der Waals surface area contributed by atoms with Crippen LogP contribution in [0, 0.1) is 6.92 Å². The standard InChI is InChI=1S/C11H12F3N3O4S/c1-5-15-8(4-22-5)17-9(19)7(3-21-6(2)18)16-10(20)11(12,13)14/h4,7H,3H2,1-2H3,(H,16,20)(H,17,19)/t7-/m1/s1. The third-order valence-corrected chi connectivity index (χ3v) is 2.98. The summed E-state index contributed by atoms with van der Waals surface area (Å²) in [5, 5.41) is 5.80. The Morgan fingerprint density at radius 2 is 2.05 bits per heavy atom. The molecule has 0 radical (unpaired) electrons. The Labute approximate surface area is 126 Å². The van der Waals surface area contributed by atoms with Gasteiger partial charge in [-0.3, -0.25) is 14.4 Å². The van der Waals surface area contributed by atoms with E-state index in [0.29, 0.717) is 5.01 Å². The lowest BCUT2D eigenvalue weighted by atomic mass is 10.3. The summed E-state index contributed by atoms with van der Waals surface area (Å²) in [5.74, 6) is -3.97. The van der Waals surface area contributed by atoms with Gasteiger partial charge in [0.25, 0.3) is 5.91 Å². The van der Waals surface area contributed by atoms with Crippen LogP contribution in [-0.2, 0) is 19.1 Å². The van der Waals surface area contributed by atoms with Crippen molar-refractivity contribution in [2.75, 3.05) is 11.9 Å². The number of hydrogen-bond acceptors (Lipinski definition) is 6. The number of hydrogen-bond donors (Lipinski definition) is 2. The Hall–Kier alpha value is -2.17. The van der Waals surface area contributed by atoms with Crippen molar-refractivity contribution in [1.82, 2.24) is 10.3 Å². The highest BCUT2D eigenvalue weighted by atomic mass is 32.1. The highest BCUT2D eigenvalue weighted by molar-refractivity contribution is 7.09. The molecule has 122 valence electrons. The number of aryl methyl sites for hydroxylation is 1. The summed E-state index contributed by atoms with van der Waals surface area (Å²) in [7, 11) is 0. The molecule has 0 fully saturated rings. The van der Waals surface area contributed by atoms with Crippen molar-refractivity contribution in [2.24, 2.45) is 0 Å². The van der Waals surface area contributed by atoms with Gasteiger partial charge in [0.15, 0.2) is 0 Å². The lowest BCUT2D eigenvalue weighted by molar-refractivity contribution is -0.175. The molecule has 1 aromatic rings. The van der Waals surface area contributed by atoms with Gasteiger partial charge in [0.05, 0.1) is 5.01 Å². The minimum absolute atomic E-state index is 0.126. The maximum absolute atomic E-state index is 12.2. The fraction of sp³-hybridized carbons (Fsp3) is 0.455. The first kappa shape index (κ1) is 17.9. The van der Waals surface area contributed by atoms with Crippen LogP contribution in [0.5, 0.6) is 0 Å². The number of amides is 2. The molecule has 0 saturated heterocycles.